The number of alkyl carbamates (subject to hydrolysis) is 1. The zero-order chi connectivity index (χ0) is 27.8. The molecule has 1 aliphatic carbocycles. The topological polar surface area (TPSA) is 132 Å². The van der Waals surface area contributed by atoms with Crippen molar-refractivity contribution in [1.29, 1.82) is 5.26 Å². The monoisotopic (exact) mass is 514 g/mol. The van der Waals surface area contributed by atoms with Gasteiger partial charge in [0.15, 0.2) is 0 Å². The third-order valence-corrected chi connectivity index (χ3v) is 6.27. The Morgan fingerprint density at radius 3 is 2.38 bits per heavy atom. The third-order valence-electron chi connectivity index (χ3n) is 6.27. The number of phenolic OH excluding ortho intramolecular Hbond substituents is 1. The van der Waals surface area contributed by atoms with Gasteiger partial charge >= 0.3 is 6.09 Å². The highest BCUT2D eigenvalue weighted by Gasteiger charge is 2.37. The van der Waals surface area contributed by atoms with Crippen LogP contribution in [0.15, 0.2) is 18.2 Å². The molecule has 0 bridgehead atoms. The number of nitrogens with zero attached hydrogens (tertiary/aromatic N) is 2. The number of hydrogen-bond acceptors (Lipinski definition) is 6. The van der Waals surface area contributed by atoms with Crippen molar-refractivity contribution >= 4 is 17.9 Å². The molecule has 3 N–H and O–H groups in total. The fourth-order valence-electron chi connectivity index (χ4n) is 4.56. The predicted molar refractivity (Wildman–Crippen MR) is 141 cm³/mol. The van der Waals surface area contributed by atoms with E-state index in [0.29, 0.717) is 17.5 Å². The molecule has 1 aromatic carbocycles. The van der Waals surface area contributed by atoms with Crippen LogP contribution in [-0.4, -0.2) is 52.1 Å². The number of rotatable bonds is 9. The first-order valence-electron chi connectivity index (χ1n) is 13.1. The Labute approximate surface area is 220 Å². The van der Waals surface area contributed by atoms with Gasteiger partial charge in [-0.2, -0.15) is 5.26 Å². The molecule has 1 aromatic rings. The summed E-state index contributed by atoms with van der Waals surface area (Å²) in [5.41, 5.74) is 0.268. The van der Waals surface area contributed by atoms with E-state index in [2.05, 4.69) is 10.6 Å². The molecule has 2 unspecified atom stereocenters. The number of benzene rings is 1. The molecule has 0 saturated heterocycles. The molecule has 37 heavy (non-hydrogen) atoms. The number of phenols is 1. The van der Waals surface area contributed by atoms with Crippen molar-refractivity contribution in [2.45, 2.75) is 104 Å². The van der Waals surface area contributed by atoms with Crippen molar-refractivity contribution < 1.29 is 24.2 Å². The number of aryl methyl sites for hydroxylation is 1. The largest absolute Gasteiger partial charge is 0.508 e. The first kappa shape index (κ1) is 29.9. The molecule has 1 aliphatic rings. The Bertz CT molecular complexity index is 989. The SMILES string of the molecule is Cc1cc(C(C(=O)NC2CCCCC2)N(CC#N)C(=O)C(CC(C)C)NC(=O)OC(C)(C)C)ccc1O. The molecule has 0 aliphatic heterocycles. The maximum atomic E-state index is 13.9. The lowest BCUT2D eigenvalue weighted by Gasteiger charge is -2.34. The minimum Gasteiger partial charge on any atom is -0.508 e. The highest BCUT2D eigenvalue weighted by molar-refractivity contribution is 5.92. The zero-order valence-corrected chi connectivity index (χ0v) is 23.0. The normalized spacial score (nSPS) is 15.8. The molecular formula is C28H42N4O5. The van der Waals surface area contributed by atoms with Crippen molar-refractivity contribution in [3.05, 3.63) is 29.3 Å². The van der Waals surface area contributed by atoms with Crippen LogP contribution in [0.5, 0.6) is 5.75 Å². The minimum atomic E-state index is -1.11. The van der Waals surface area contributed by atoms with E-state index in [1.165, 1.54) is 11.0 Å². The molecule has 2 atom stereocenters. The lowest BCUT2D eigenvalue weighted by molar-refractivity contribution is -0.142. The quantitative estimate of drug-likeness (QED) is 0.416. The van der Waals surface area contributed by atoms with E-state index in [-0.39, 0.29) is 30.2 Å². The van der Waals surface area contributed by atoms with E-state index < -0.39 is 29.7 Å². The summed E-state index contributed by atoms with van der Waals surface area (Å²) < 4.78 is 5.37. The number of amides is 3. The first-order chi connectivity index (χ1) is 17.3. The van der Waals surface area contributed by atoms with Crippen LogP contribution >= 0.6 is 0 Å². The Hall–Kier alpha value is -3.28. The molecule has 2 rings (SSSR count). The van der Waals surface area contributed by atoms with E-state index in [0.717, 1.165) is 32.1 Å². The van der Waals surface area contributed by atoms with Crippen molar-refractivity contribution in [2.75, 3.05) is 6.54 Å². The molecule has 3 amide bonds. The van der Waals surface area contributed by atoms with Gasteiger partial charge in [-0.25, -0.2) is 4.79 Å². The maximum Gasteiger partial charge on any atom is 0.408 e. The molecule has 204 valence electrons. The molecule has 9 heteroatoms. The van der Waals surface area contributed by atoms with Gasteiger partial charge in [0.1, 0.15) is 30.0 Å². The van der Waals surface area contributed by atoms with Gasteiger partial charge in [-0.1, -0.05) is 39.2 Å². The number of hydrogen-bond donors (Lipinski definition) is 3. The number of nitriles is 1. The Kier molecular flexibility index (Phi) is 10.8. The average molecular weight is 515 g/mol. The van der Waals surface area contributed by atoms with E-state index in [1.807, 2.05) is 19.9 Å². The standard InChI is InChI=1S/C28H42N4O5/c1-18(2)16-22(31-27(36)37-28(4,5)6)26(35)32(15-14-29)24(20-12-13-23(33)19(3)17-20)25(34)30-21-10-8-7-9-11-21/h12-13,17-18,21-22,24,33H,7-11,15-16H2,1-6H3,(H,30,34)(H,31,36). The van der Waals surface area contributed by atoms with Crippen LogP contribution in [0.4, 0.5) is 4.79 Å². The van der Waals surface area contributed by atoms with Gasteiger partial charge in [0.05, 0.1) is 6.07 Å². The minimum absolute atomic E-state index is 0.00708. The molecule has 9 nitrogen and oxygen atoms in total. The third kappa shape index (κ3) is 9.27. The zero-order valence-electron chi connectivity index (χ0n) is 23.0. The molecule has 0 spiro atoms. The lowest BCUT2D eigenvalue weighted by atomic mass is 9.94. The smallest absolute Gasteiger partial charge is 0.408 e. The number of ether oxygens (including phenoxy) is 1. The fraction of sp³-hybridized carbons (Fsp3) is 0.643. The summed E-state index contributed by atoms with van der Waals surface area (Å²) >= 11 is 0. The molecule has 1 fully saturated rings. The predicted octanol–water partition coefficient (Wildman–Crippen LogP) is 4.48. The van der Waals surface area contributed by atoms with Gasteiger partial charge in [-0.05, 0) is 76.1 Å². The summed E-state index contributed by atoms with van der Waals surface area (Å²) in [7, 11) is 0. The van der Waals surface area contributed by atoms with Crippen LogP contribution in [0.1, 0.15) is 90.3 Å². The van der Waals surface area contributed by atoms with Crippen LogP contribution in [0.3, 0.4) is 0 Å². The van der Waals surface area contributed by atoms with Crippen molar-refractivity contribution in [3.8, 4) is 11.8 Å². The van der Waals surface area contributed by atoms with Crippen LogP contribution in [0.25, 0.3) is 0 Å². The molecular weight excluding hydrogens is 472 g/mol. The summed E-state index contributed by atoms with van der Waals surface area (Å²) in [5, 5.41) is 25.5. The van der Waals surface area contributed by atoms with Gasteiger partial charge in [0.25, 0.3) is 0 Å². The Balaban J connectivity index is 2.46. The van der Waals surface area contributed by atoms with E-state index in [1.54, 1.807) is 39.8 Å². The van der Waals surface area contributed by atoms with Crippen molar-refractivity contribution in [3.63, 3.8) is 0 Å². The summed E-state index contributed by atoms with van der Waals surface area (Å²) in [6.45, 7) is 10.4. The number of carbonyl (C=O) groups is 3. The summed E-state index contributed by atoms with van der Waals surface area (Å²) in [5.74, 6) is -0.826. The molecule has 0 aromatic heterocycles. The molecule has 1 saturated carbocycles. The van der Waals surface area contributed by atoms with Crippen LogP contribution < -0.4 is 10.6 Å². The van der Waals surface area contributed by atoms with Gasteiger partial charge in [0, 0.05) is 6.04 Å². The molecule has 0 heterocycles. The second-order valence-corrected chi connectivity index (χ2v) is 11.2. The Morgan fingerprint density at radius 1 is 1.19 bits per heavy atom. The maximum absolute atomic E-state index is 13.9. The van der Waals surface area contributed by atoms with Crippen molar-refractivity contribution in [2.24, 2.45) is 5.92 Å². The number of carbonyl (C=O) groups excluding carboxylic acids is 3. The van der Waals surface area contributed by atoms with E-state index in [9.17, 15) is 24.8 Å². The highest BCUT2D eigenvalue weighted by atomic mass is 16.6. The van der Waals surface area contributed by atoms with Crippen LogP contribution in [-0.2, 0) is 14.3 Å². The highest BCUT2D eigenvalue weighted by Crippen LogP contribution is 2.28. The number of nitrogens with one attached hydrogen (secondary N) is 2. The second-order valence-electron chi connectivity index (χ2n) is 11.2. The molecule has 0 radical (unpaired) electrons. The van der Waals surface area contributed by atoms with E-state index >= 15 is 0 Å². The van der Waals surface area contributed by atoms with E-state index in [4.69, 9.17) is 4.74 Å². The average Bonchev–Trinajstić information content (AvgIpc) is 2.79. The van der Waals surface area contributed by atoms with Crippen LogP contribution in [0.2, 0.25) is 0 Å². The Morgan fingerprint density at radius 2 is 1.84 bits per heavy atom. The summed E-state index contributed by atoms with van der Waals surface area (Å²) in [6, 6.07) is 4.62. The van der Waals surface area contributed by atoms with Gasteiger partial charge in [-0.3, -0.25) is 9.59 Å². The number of aromatic hydroxyl groups is 1. The van der Waals surface area contributed by atoms with Crippen molar-refractivity contribution in [1.82, 2.24) is 15.5 Å². The second kappa shape index (κ2) is 13.3. The first-order valence-corrected chi connectivity index (χ1v) is 13.1. The van der Waals surface area contributed by atoms with Gasteiger partial charge in [0.2, 0.25) is 11.8 Å². The fourth-order valence-corrected chi connectivity index (χ4v) is 4.56. The lowest BCUT2D eigenvalue weighted by Crippen LogP contribution is -2.54. The summed E-state index contributed by atoms with van der Waals surface area (Å²) in [6.07, 6.45) is 4.43. The van der Waals surface area contributed by atoms with Crippen LogP contribution in [0, 0.1) is 24.2 Å². The van der Waals surface area contributed by atoms with Gasteiger partial charge < -0.3 is 25.4 Å². The summed E-state index contributed by atoms with van der Waals surface area (Å²) in [4.78, 5) is 41.4. The van der Waals surface area contributed by atoms with Gasteiger partial charge in [-0.15, -0.1) is 0 Å².